The van der Waals surface area contributed by atoms with Gasteiger partial charge in [0.25, 0.3) is 15.9 Å². The van der Waals surface area contributed by atoms with Crippen molar-refractivity contribution in [1.29, 1.82) is 0 Å². The van der Waals surface area contributed by atoms with E-state index >= 15 is 0 Å². The molecule has 1 aliphatic heterocycles. The number of fused-ring (bicyclic) bond motifs is 1. The molecule has 0 bridgehead atoms. The second kappa shape index (κ2) is 8.30. The maximum Gasteiger partial charge on any atom is 0.344 e. The number of carbonyl (C=O) groups excluding carboxylic acids is 2. The highest BCUT2D eigenvalue weighted by molar-refractivity contribution is 7.90. The summed E-state index contributed by atoms with van der Waals surface area (Å²) in [6.07, 6.45) is 0. The maximum absolute atomic E-state index is 12.4. The Balaban J connectivity index is 1.47. The van der Waals surface area contributed by atoms with E-state index in [4.69, 9.17) is 14.2 Å². The summed E-state index contributed by atoms with van der Waals surface area (Å²) in [5, 5.41) is 0. The normalized spacial score (nSPS) is 14.5. The minimum absolute atomic E-state index is 0.0369. The van der Waals surface area contributed by atoms with Crippen molar-refractivity contribution in [3.63, 3.8) is 0 Å². The van der Waals surface area contributed by atoms with Crippen LogP contribution in [0.1, 0.15) is 17.3 Å². The first-order valence-electron chi connectivity index (χ1n) is 8.61. The van der Waals surface area contributed by atoms with Crippen LogP contribution < -0.4 is 9.47 Å². The van der Waals surface area contributed by atoms with Crippen LogP contribution in [-0.2, 0) is 19.6 Å². The minimum atomic E-state index is -3.91. The fourth-order valence-electron chi connectivity index (χ4n) is 2.68. The highest BCUT2D eigenvalue weighted by Gasteiger charge is 2.40. The third-order valence-electron chi connectivity index (χ3n) is 3.96. The van der Waals surface area contributed by atoms with Gasteiger partial charge in [0.1, 0.15) is 23.0 Å². The summed E-state index contributed by atoms with van der Waals surface area (Å²) >= 11 is 0. The molecule has 2 aromatic rings. The van der Waals surface area contributed by atoms with Gasteiger partial charge >= 0.3 is 5.97 Å². The SMILES string of the molecule is CCOc1ccc(OCC(=O)OCCN2C(=O)c3ccccc3S2(=O)=O)cc1. The maximum atomic E-state index is 12.4. The number of carbonyl (C=O) groups is 2. The first kappa shape index (κ1) is 19.7. The predicted molar refractivity (Wildman–Crippen MR) is 98.7 cm³/mol. The Morgan fingerprint density at radius 3 is 2.29 bits per heavy atom. The molecule has 1 aliphatic rings. The molecule has 148 valence electrons. The van der Waals surface area contributed by atoms with E-state index in [2.05, 4.69) is 0 Å². The van der Waals surface area contributed by atoms with Crippen LogP contribution >= 0.6 is 0 Å². The van der Waals surface area contributed by atoms with Gasteiger partial charge in [0.15, 0.2) is 6.61 Å². The summed E-state index contributed by atoms with van der Waals surface area (Å²) in [5.74, 6) is -0.143. The molecule has 9 heteroatoms. The van der Waals surface area contributed by atoms with Gasteiger partial charge in [-0.15, -0.1) is 0 Å². The molecule has 2 aromatic carbocycles. The fourth-order valence-corrected chi connectivity index (χ4v) is 4.23. The average Bonchev–Trinajstić information content (AvgIpc) is 2.88. The Kier molecular flexibility index (Phi) is 5.84. The highest BCUT2D eigenvalue weighted by Crippen LogP contribution is 2.29. The Bertz CT molecular complexity index is 970. The van der Waals surface area contributed by atoms with Gasteiger partial charge in [0.05, 0.1) is 18.7 Å². The molecule has 0 aliphatic carbocycles. The molecule has 8 nitrogen and oxygen atoms in total. The van der Waals surface area contributed by atoms with Crippen LogP contribution in [0.4, 0.5) is 0 Å². The average molecular weight is 405 g/mol. The van der Waals surface area contributed by atoms with Crippen molar-refractivity contribution in [1.82, 2.24) is 4.31 Å². The smallest absolute Gasteiger partial charge is 0.344 e. The number of benzene rings is 2. The van der Waals surface area contributed by atoms with Crippen molar-refractivity contribution in [3.05, 3.63) is 54.1 Å². The van der Waals surface area contributed by atoms with E-state index in [-0.39, 0.29) is 30.2 Å². The number of hydrogen-bond acceptors (Lipinski definition) is 7. The largest absolute Gasteiger partial charge is 0.494 e. The lowest BCUT2D eigenvalue weighted by Gasteiger charge is -2.15. The Morgan fingerprint density at radius 1 is 1.00 bits per heavy atom. The van der Waals surface area contributed by atoms with E-state index in [1.807, 2.05) is 6.92 Å². The topological polar surface area (TPSA) is 99.2 Å². The van der Waals surface area contributed by atoms with Crippen LogP contribution in [0, 0.1) is 0 Å². The molecule has 0 saturated heterocycles. The summed E-state index contributed by atoms with van der Waals surface area (Å²) in [7, 11) is -3.91. The number of sulfonamides is 1. The molecule has 0 unspecified atom stereocenters. The molecule has 0 N–H and O–H groups in total. The molecule has 0 radical (unpaired) electrons. The summed E-state index contributed by atoms with van der Waals surface area (Å²) in [6.45, 7) is 1.57. The summed E-state index contributed by atoms with van der Waals surface area (Å²) < 4.78 is 41.1. The van der Waals surface area contributed by atoms with Gasteiger partial charge in [-0.25, -0.2) is 17.5 Å². The number of hydrogen-bond donors (Lipinski definition) is 0. The number of nitrogens with zero attached hydrogens (tertiary/aromatic N) is 1. The summed E-state index contributed by atoms with van der Waals surface area (Å²) in [4.78, 5) is 24.0. The van der Waals surface area contributed by atoms with E-state index in [1.54, 1.807) is 36.4 Å². The monoisotopic (exact) mass is 405 g/mol. The zero-order chi connectivity index (χ0) is 20.1. The molecular formula is C19H19NO7S. The fraction of sp³-hybridized carbons (Fsp3) is 0.263. The highest BCUT2D eigenvalue weighted by atomic mass is 32.2. The van der Waals surface area contributed by atoms with Crippen LogP contribution in [0.3, 0.4) is 0 Å². The van der Waals surface area contributed by atoms with Gasteiger partial charge in [-0.1, -0.05) is 12.1 Å². The molecule has 0 spiro atoms. The molecule has 0 atom stereocenters. The Hall–Kier alpha value is -3.07. The third-order valence-corrected chi connectivity index (χ3v) is 5.80. The van der Waals surface area contributed by atoms with Crippen molar-refractivity contribution in [3.8, 4) is 11.5 Å². The molecule has 3 rings (SSSR count). The molecule has 28 heavy (non-hydrogen) atoms. The number of esters is 1. The quantitative estimate of drug-likeness (QED) is 0.618. The second-order valence-corrected chi connectivity index (χ2v) is 7.62. The van der Waals surface area contributed by atoms with Crippen LogP contribution in [0.25, 0.3) is 0 Å². The Labute approximate surface area is 162 Å². The van der Waals surface area contributed by atoms with Gasteiger partial charge in [0, 0.05) is 0 Å². The molecule has 0 saturated carbocycles. The van der Waals surface area contributed by atoms with Gasteiger partial charge in [-0.05, 0) is 43.3 Å². The molecule has 1 amide bonds. The van der Waals surface area contributed by atoms with E-state index in [9.17, 15) is 18.0 Å². The number of rotatable bonds is 8. The van der Waals surface area contributed by atoms with Gasteiger partial charge in [-0.2, -0.15) is 0 Å². The van der Waals surface area contributed by atoms with E-state index < -0.39 is 21.9 Å². The van der Waals surface area contributed by atoms with Crippen molar-refractivity contribution in [2.24, 2.45) is 0 Å². The van der Waals surface area contributed by atoms with Gasteiger partial charge in [-0.3, -0.25) is 4.79 Å². The van der Waals surface area contributed by atoms with Crippen molar-refractivity contribution in [2.75, 3.05) is 26.4 Å². The molecule has 0 fully saturated rings. The summed E-state index contributed by atoms with van der Waals surface area (Å²) in [6, 6.07) is 12.7. The second-order valence-electron chi connectivity index (χ2n) is 5.79. The lowest BCUT2D eigenvalue weighted by Crippen LogP contribution is -2.34. The number of ether oxygens (including phenoxy) is 3. The van der Waals surface area contributed by atoms with E-state index in [0.29, 0.717) is 22.4 Å². The molecule has 1 heterocycles. The van der Waals surface area contributed by atoms with Crippen LogP contribution in [0.15, 0.2) is 53.4 Å². The van der Waals surface area contributed by atoms with Crippen LogP contribution in [0.2, 0.25) is 0 Å². The number of amides is 1. The van der Waals surface area contributed by atoms with E-state index in [0.717, 1.165) is 0 Å². The first-order chi connectivity index (χ1) is 13.4. The standard InChI is InChI=1S/C19H19NO7S/c1-2-25-14-7-9-15(10-8-14)27-13-18(21)26-12-11-20-19(22)16-5-3-4-6-17(16)28(20,23)24/h3-10H,2,11-13H2,1H3. The van der Waals surface area contributed by atoms with Crippen molar-refractivity contribution >= 4 is 21.9 Å². The predicted octanol–water partition coefficient (Wildman–Crippen LogP) is 1.85. The summed E-state index contributed by atoms with van der Waals surface area (Å²) in [5.41, 5.74) is 0.118. The Morgan fingerprint density at radius 2 is 1.64 bits per heavy atom. The van der Waals surface area contributed by atoms with Gasteiger partial charge in [0.2, 0.25) is 0 Å². The van der Waals surface area contributed by atoms with Crippen LogP contribution in [0.5, 0.6) is 11.5 Å². The van der Waals surface area contributed by atoms with Gasteiger partial charge < -0.3 is 14.2 Å². The molecule has 0 aromatic heterocycles. The molecular weight excluding hydrogens is 386 g/mol. The zero-order valence-corrected chi connectivity index (χ0v) is 16.0. The third kappa shape index (κ3) is 4.09. The first-order valence-corrected chi connectivity index (χ1v) is 10.0. The van der Waals surface area contributed by atoms with Crippen molar-refractivity contribution in [2.45, 2.75) is 11.8 Å². The van der Waals surface area contributed by atoms with E-state index in [1.165, 1.54) is 12.1 Å². The minimum Gasteiger partial charge on any atom is -0.494 e. The lowest BCUT2D eigenvalue weighted by molar-refractivity contribution is -0.146. The lowest BCUT2D eigenvalue weighted by atomic mass is 10.2. The van der Waals surface area contributed by atoms with Crippen molar-refractivity contribution < 1.29 is 32.2 Å². The van der Waals surface area contributed by atoms with Crippen LogP contribution in [-0.4, -0.2) is 51.0 Å². The zero-order valence-electron chi connectivity index (χ0n) is 15.2.